The second-order valence-corrected chi connectivity index (χ2v) is 4.34. The second-order valence-electron chi connectivity index (χ2n) is 4.34. The fraction of sp³-hybridized carbons (Fsp3) is 0.200. The first-order valence-corrected chi connectivity index (χ1v) is 6.36. The monoisotopic (exact) mass is 271 g/mol. The summed E-state index contributed by atoms with van der Waals surface area (Å²) in [6, 6.07) is 8.98. The molecule has 5 nitrogen and oxygen atoms in total. The standard InChI is InChI=1S/C15H17N3O2/c1-3-20-15(19)13-8-11(6-7-14(13)16)18-12-5-4-10(2)17-9-12/h4-9,18H,3,16H2,1-2H3. The van der Waals surface area contributed by atoms with Gasteiger partial charge in [0.15, 0.2) is 0 Å². The van der Waals surface area contributed by atoms with Crippen molar-refractivity contribution in [3.05, 3.63) is 47.8 Å². The van der Waals surface area contributed by atoms with Crippen LogP contribution in [0.2, 0.25) is 0 Å². The largest absolute Gasteiger partial charge is 0.462 e. The molecule has 2 aromatic rings. The molecular formula is C15H17N3O2. The number of hydrogen-bond acceptors (Lipinski definition) is 5. The van der Waals surface area contributed by atoms with E-state index in [1.54, 1.807) is 31.3 Å². The van der Waals surface area contributed by atoms with Crippen molar-refractivity contribution in [1.29, 1.82) is 0 Å². The summed E-state index contributed by atoms with van der Waals surface area (Å²) < 4.78 is 4.97. The molecule has 0 saturated heterocycles. The molecule has 1 aromatic heterocycles. The highest BCUT2D eigenvalue weighted by molar-refractivity contribution is 5.96. The molecular weight excluding hydrogens is 254 g/mol. The van der Waals surface area contributed by atoms with Crippen LogP contribution in [0.3, 0.4) is 0 Å². The number of benzene rings is 1. The number of hydrogen-bond donors (Lipinski definition) is 2. The summed E-state index contributed by atoms with van der Waals surface area (Å²) in [6.45, 7) is 4.00. The van der Waals surface area contributed by atoms with Crippen molar-refractivity contribution in [3.8, 4) is 0 Å². The Morgan fingerprint density at radius 1 is 1.30 bits per heavy atom. The number of anilines is 3. The summed E-state index contributed by atoms with van der Waals surface area (Å²) in [5, 5.41) is 3.17. The summed E-state index contributed by atoms with van der Waals surface area (Å²) in [6.07, 6.45) is 1.73. The number of carbonyl (C=O) groups is 1. The highest BCUT2D eigenvalue weighted by Gasteiger charge is 2.11. The van der Waals surface area contributed by atoms with Crippen LogP contribution in [-0.2, 0) is 4.74 Å². The lowest BCUT2D eigenvalue weighted by atomic mass is 10.1. The van der Waals surface area contributed by atoms with Gasteiger partial charge in [0.25, 0.3) is 0 Å². The van der Waals surface area contributed by atoms with Crippen molar-refractivity contribution < 1.29 is 9.53 Å². The number of nitrogens with zero attached hydrogens (tertiary/aromatic N) is 1. The summed E-state index contributed by atoms with van der Waals surface area (Å²) in [5.74, 6) is -0.421. The third kappa shape index (κ3) is 3.26. The normalized spacial score (nSPS) is 10.1. The van der Waals surface area contributed by atoms with Crippen LogP contribution < -0.4 is 11.1 Å². The number of aryl methyl sites for hydroxylation is 1. The smallest absolute Gasteiger partial charge is 0.340 e. The lowest BCUT2D eigenvalue weighted by molar-refractivity contribution is 0.0527. The summed E-state index contributed by atoms with van der Waals surface area (Å²) in [4.78, 5) is 16.0. The van der Waals surface area contributed by atoms with Crippen LogP contribution >= 0.6 is 0 Å². The molecule has 0 unspecified atom stereocenters. The van der Waals surface area contributed by atoms with Crippen molar-refractivity contribution in [2.75, 3.05) is 17.7 Å². The maximum Gasteiger partial charge on any atom is 0.340 e. The number of ether oxygens (including phenoxy) is 1. The van der Waals surface area contributed by atoms with E-state index >= 15 is 0 Å². The van der Waals surface area contributed by atoms with Gasteiger partial charge < -0.3 is 15.8 Å². The van der Waals surface area contributed by atoms with E-state index in [9.17, 15) is 4.79 Å². The van der Waals surface area contributed by atoms with Crippen LogP contribution in [0.4, 0.5) is 17.1 Å². The average molecular weight is 271 g/mol. The van der Waals surface area contributed by atoms with E-state index in [0.717, 1.165) is 17.1 Å². The first-order valence-electron chi connectivity index (χ1n) is 6.36. The maximum atomic E-state index is 11.8. The Bertz CT molecular complexity index is 609. The molecule has 3 N–H and O–H groups in total. The third-order valence-electron chi connectivity index (χ3n) is 2.75. The summed E-state index contributed by atoms with van der Waals surface area (Å²) in [5.41, 5.74) is 9.09. The van der Waals surface area contributed by atoms with Gasteiger partial charge in [0.05, 0.1) is 24.1 Å². The van der Waals surface area contributed by atoms with Gasteiger partial charge in [-0.25, -0.2) is 4.79 Å². The van der Waals surface area contributed by atoms with Crippen LogP contribution in [0.25, 0.3) is 0 Å². The van der Waals surface area contributed by atoms with Crippen molar-refractivity contribution in [1.82, 2.24) is 4.98 Å². The zero-order valence-electron chi connectivity index (χ0n) is 11.5. The number of nitrogens with one attached hydrogen (secondary N) is 1. The van der Waals surface area contributed by atoms with Crippen molar-refractivity contribution in [2.24, 2.45) is 0 Å². The summed E-state index contributed by atoms with van der Waals surface area (Å²) in [7, 11) is 0. The van der Waals surface area contributed by atoms with E-state index in [1.165, 1.54) is 0 Å². The molecule has 0 aliphatic rings. The van der Waals surface area contributed by atoms with Gasteiger partial charge in [0.1, 0.15) is 0 Å². The molecule has 0 aliphatic carbocycles. The molecule has 0 radical (unpaired) electrons. The number of carbonyl (C=O) groups excluding carboxylic acids is 1. The van der Waals surface area contributed by atoms with Gasteiger partial charge >= 0.3 is 5.97 Å². The van der Waals surface area contributed by atoms with Gasteiger partial charge in [-0.2, -0.15) is 0 Å². The fourth-order valence-corrected chi connectivity index (χ4v) is 1.73. The molecule has 0 amide bonds. The van der Waals surface area contributed by atoms with Crippen LogP contribution in [0.5, 0.6) is 0 Å². The topological polar surface area (TPSA) is 77.2 Å². The average Bonchev–Trinajstić information content (AvgIpc) is 2.43. The lowest BCUT2D eigenvalue weighted by Gasteiger charge is -2.10. The van der Waals surface area contributed by atoms with E-state index in [1.807, 2.05) is 19.1 Å². The van der Waals surface area contributed by atoms with Gasteiger partial charge in [-0.15, -0.1) is 0 Å². The number of aromatic nitrogens is 1. The van der Waals surface area contributed by atoms with E-state index in [4.69, 9.17) is 10.5 Å². The molecule has 1 aromatic carbocycles. The molecule has 1 heterocycles. The molecule has 0 aliphatic heterocycles. The number of esters is 1. The predicted octanol–water partition coefficient (Wildman–Crippen LogP) is 2.89. The van der Waals surface area contributed by atoms with Crippen LogP contribution in [-0.4, -0.2) is 17.6 Å². The molecule has 0 atom stereocenters. The quantitative estimate of drug-likeness (QED) is 0.660. The zero-order chi connectivity index (χ0) is 14.5. The fourth-order valence-electron chi connectivity index (χ4n) is 1.73. The predicted molar refractivity (Wildman–Crippen MR) is 79.1 cm³/mol. The first-order chi connectivity index (χ1) is 9.60. The Kier molecular flexibility index (Phi) is 4.20. The Labute approximate surface area is 117 Å². The molecule has 5 heteroatoms. The number of rotatable bonds is 4. The van der Waals surface area contributed by atoms with Crippen molar-refractivity contribution in [2.45, 2.75) is 13.8 Å². The van der Waals surface area contributed by atoms with E-state index < -0.39 is 5.97 Å². The van der Waals surface area contributed by atoms with Gasteiger partial charge in [-0.3, -0.25) is 4.98 Å². The molecule has 0 saturated carbocycles. The molecule has 2 rings (SSSR count). The molecule has 0 fully saturated rings. The number of nitrogens with two attached hydrogens (primary N) is 1. The van der Waals surface area contributed by atoms with Crippen LogP contribution in [0.15, 0.2) is 36.5 Å². The SMILES string of the molecule is CCOC(=O)c1cc(Nc2ccc(C)nc2)ccc1N. The highest BCUT2D eigenvalue weighted by Crippen LogP contribution is 2.22. The van der Waals surface area contributed by atoms with E-state index in [0.29, 0.717) is 17.9 Å². The maximum absolute atomic E-state index is 11.8. The number of nitrogen functional groups attached to an aromatic ring is 1. The van der Waals surface area contributed by atoms with Gasteiger partial charge in [-0.1, -0.05) is 0 Å². The highest BCUT2D eigenvalue weighted by atomic mass is 16.5. The third-order valence-corrected chi connectivity index (χ3v) is 2.75. The molecule has 0 bridgehead atoms. The number of pyridine rings is 1. The van der Waals surface area contributed by atoms with E-state index in [2.05, 4.69) is 10.3 Å². The Hall–Kier alpha value is -2.56. The van der Waals surface area contributed by atoms with Crippen molar-refractivity contribution in [3.63, 3.8) is 0 Å². The van der Waals surface area contributed by atoms with Gasteiger partial charge in [0.2, 0.25) is 0 Å². The Morgan fingerprint density at radius 2 is 2.05 bits per heavy atom. The van der Waals surface area contributed by atoms with Gasteiger partial charge in [-0.05, 0) is 44.2 Å². The zero-order valence-corrected chi connectivity index (χ0v) is 11.5. The molecule has 0 spiro atoms. The minimum atomic E-state index is -0.421. The first kappa shape index (κ1) is 13.9. The van der Waals surface area contributed by atoms with Gasteiger partial charge in [0, 0.05) is 17.1 Å². The second kappa shape index (κ2) is 6.06. The Morgan fingerprint density at radius 3 is 2.70 bits per heavy atom. The van der Waals surface area contributed by atoms with Crippen LogP contribution in [0, 0.1) is 6.92 Å². The molecule has 20 heavy (non-hydrogen) atoms. The van der Waals surface area contributed by atoms with E-state index in [-0.39, 0.29) is 0 Å². The lowest BCUT2D eigenvalue weighted by Crippen LogP contribution is -2.08. The minimum Gasteiger partial charge on any atom is -0.462 e. The van der Waals surface area contributed by atoms with Crippen LogP contribution in [0.1, 0.15) is 23.0 Å². The Balaban J connectivity index is 2.22. The minimum absolute atomic E-state index is 0.317. The summed E-state index contributed by atoms with van der Waals surface area (Å²) >= 11 is 0. The molecule has 104 valence electrons. The van der Waals surface area contributed by atoms with Crippen molar-refractivity contribution >= 4 is 23.0 Å².